The van der Waals surface area contributed by atoms with E-state index in [4.69, 9.17) is 5.73 Å². The Balaban J connectivity index is 0.00000162. The van der Waals surface area contributed by atoms with E-state index in [0.29, 0.717) is 12.5 Å². The first-order valence-corrected chi connectivity index (χ1v) is 8.42. The van der Waals surface area contributed by atoms with E-state index in [1.165, 1.54) is 19.3 Å². The largest absolute Gasteiger partial charge is 0.329 e. The first-order valence-electron chi connectivity index (χ1n) is 6.77. The van der Waals surface area contributed by atoms with Crippen LogP contribution in [0.3, 0.4) is 0 Å². The molecule has 0 heterocycles. The number of nitrogens with one attached hydrogen (secondary N) is 1. The van der Waals surface area contributed by atoms with Gasteiger partial charge in [0.15, 0.2) is 0 Å². The second-order valence-electron chi connectivity index (χ2n) is 5.70. The van der Waals surface area contributed by atoms with E-state index in [0.717, 1.165) is 32.1 Å². The lowest BCUT2D eigenvalue weighted by Crippen LogP contribution is -2.52. The molecule has 0 amide bonds. The summed E-state index contributed by atoms with van der Waals surface area (Å²) in [5.41, 5.74) is 5.41. The molecular formula is C12H25ClN2O2S. The van der Waals surface area contributed by atoms with Crippen LogP contribution in [0.25, 0.3) is 0 Å². The second-order valence-corrected chi connectivity index (χ2v) is 7.54. The highest BCUT2D eigenvalue weighted by molar-refractivity contribution is 7.89. The van der Waals surface area contributed by atoms with E-state index in [-0.39, 0.29) is 23.7 Å². The van der Waals surface area contributed by atoms with Crippen molar-refractivity contribution in [2.75, 3.05) is 12.3 Å². The molecule has 2 aliphatic carbocycles. The van der Waals surface area contributed by atoms with Crippen molar-refractivity contribution < 1.29 is 8.42 Å². The summed E-state index contributed by atoms with van der Waals surface area (Å²) >= 11 is 0. The third kappa shape index (κ3) is 4.08. The fourth-order valence-corrected chi connectivity index (χ4v) is 4.58. The zero-order valence-corrected chi connectivity index (χ0v) is 12.5. The highest BCUT2D eigenvalue weighted by Crippen LogP contribution is 2.31. The summed E-state index contributed by atoms with van der Waals surface area (Å²) in [5, 5.41) is 0. The Hall–Kier alpha value is 0.160. The fraction of sp³-hybridized carbons (Fsp3) is 1.00. The molecule has 3 N–H and O–H groups in total. The summed E-state index contributed by atoms with van der Waals surface area (Å²) in [4.78, 5) is 0. The predicted octanol–water partition coefficient (Wildman–Crippen LogP) is 1.79. The third-order valence-corrected chi connectivity index (χ3v) is 5.86. The van der Waals surface area contributed by atoms with Crippen LogP contribution in [0.2, 0.25) is 0 Å². The Kier molecular flexibility index (Phi) is 5.90. The number of rotatable bonds is 6. The minimum atomic E-state index is -3.14. The Bertz CT molecular complexity index is 349. The smallest absolute Gasteiger partial charge is 0.212 e. The maximum absolute atomic E-state index is 12.0. The number of hydrogen-bond acceptors (Lipinski definition) is 3. The highest BCUT2D eigenvalue weighted by atomic mass is 35.5. The molecule has 0 aromatic rings. The van der Waals surface area contributed by atoms with Gasteiger partial charge in [0.2, 0.25) is 10.0 Å². The molecule has 0 saturated heterocycles. The zero-order valence-electron chi connectivity index (χ0n) is 10.9. The molecule has 108 valence electrons. The van der Waals surface area contributed by atoms with Gasteiger partial charge >= 0.3 is 0 Å². The van der Waals surface area contributed by atoms with E-state index in [1.54, 1.807) is 0 Å². The van der Waals surface area contributed by atoms with Crippen LogP contribution in [0.1, 0.15) is 51.4 Å². The molecule has 2 fully saturated rings. The van der Waals surface area contributed by atoms with Gasteiger partial charge in [-0.3, -0.25) is 0 Å². The quantitative estimate of drug-likeness (QED) is 0.785. The summed E-state index contributed by atoms with van der Waals surface area (Å²) in [5.74, 6) is 0.920. The van der Waals surface area contributed by atoms with Gasteiger partial charge in [-0.1, -0.05) is 32.1 Å². The van der Waals surface area contributed by atoms with E-state index >= 15 is 0 Å². The van der Waals surface area contributed by atoms with Gasteiger partial charge in [0, 0.05) is 12.1 Å². The SMILES string of the molecule is Cl.NCC1(NS(=O)(=O)CCC2CCC2)CCCC1. The van der Waals surface area contributed by atoms with Crippen LogP contribution in [0.15, 0.2) is 0 Å². The van der Waals surface area contributed by atoms with Gasteiger partial charge in [-0.15, -0.1) is 12.4 Å². The molecule has 6 heteroatoms. The summed E-state index contributed by atoms with van der Waals surface area (Å²) in [7, 11) is -3.14. The number of halogens is 1. The Morgan fingerprint density at radius 2 is 1.78 bits per heavy atom. The van der Waals surface area contributed by atoms with Crippen LogP contribution >= 0.6 is 12.4 Å². The van der Waals surface area contributed by atoms with Crippen LogP contribution in [0.4, 0.5) is 0 Å². The minimum absolute atomic E-state index is 0. The van der Waals surface area contributed by atoms with E-state index < -0.39 is 10.0 Å². The van der Waals surface area contributed by atoms with Gasteiger partial charge in [-0.25, -0.2) is 13.1 Å². The van der Waals surface area contributed by atoms with Crippen molar-refractivity contribution >= 4 is 22.4 Å². The molecule has 2 saturated carbocycles. The lowest BCUT2D eigenvalue weighted by molar-refractivity contribution is 0.306. The van der Waals surface area contributed by atoms with Crippen molar-refractivity contribution in [3.8, 4) is 0 Å². The van der Waals surface area contributed by atoms with Crippen molar-refractivity contribution in [3.05, 3.63) is 0 Å². The molecule has 4 nitrogen and oxygen atoms in total. The molecule has 0 radical (unpaired) electrons. The lowest BCUT2D eigenvalue weighted by Gasteiger charge is -2.30. The van der Waals surface area contributed by atoms with Crippen molar-refractivity contribution in [2.24, 2.45) is 11.7 Å². The van der Waals surface area contributed by atoms with E-state index in [2.05, 4.69) is 4.72 Å². The Labute approximate surface area is 117 Å². The molecule has 2 aliphatic rings. The van der Waals surface area contributed by atoms with Crippen molar-refractivity contribution in [1.82, 2.24) is 4.72 Å². The lowest BCUT2D eigenvalue weighted by atomic mass is 9.84. The molecule has 0 spiro atoms. The summed E-state index contributed by atoms with van der Waals surface area (Å²) in [6.07, 6.45) is 8.46. The van der Waals surface area contributed by atoms with E-state index in [9.17, 15) is 8.42 Å². The topological polar surface area (TPSA) is 72.2 Å². The minimum Gasteiger partial charge on any atom is -0.329 e. The predicted molar refractivity (Wildman–Crippen MR) is 76.4 cm³/mol. The molecule has 0 atom stereocenters. The van der Waals surface area contributed by atoms with Crippen LogP contribution in [0, 0.1) is 5.92 Å². The van der Waals surface area contributed by atoms with Gasteiger partial charge in [-0.2, -0.15) is 0 Å². The maximum Gasteiger partial charge on any atom is 0.212 e. The normalized spacial score (nSPS) is 23.4. The summed E-state index contributed by atoms with van der Waals surface area (Å²) in [6, 6.07) is 0. The maximum atomic E-state index is 12.0. The standard InChI is InChI=1S/C12H24N2O2S.ClH/c13-10-12(7-1-2-8-12)14-17(15,16)9-6-11-4-3-5-11;/h11,14H,1-10,13H2;1H. The molecule has 2 rings (SSSR count). The molecule has 0 bridgehead atoms. The van der Waals surface area contributed by atoms with Crippen molar-refractivity contribution in [2.45, 2.75) is 56.9 Å². The van der Waals surface area contributed by atoms with Gasteiger partial charge < -0.3 is 5.73 Å². The van der Waals surface area contributed by atoms with Gasteiger partial charge in [-0.05, 0) is 25.2 Å². The average Bonchev–Trinajstić information content (AvgIpc) is 2.63. The molecule has 18 heavy (non-hydrogen) atoms. The molecule has 0 aromatic carbocycles. The molecular weight excluding hydrogens is 272 g/mol. The van der Waals surface area contributed by atoms with Gasteiger partial charge in [0.1, 0.15) is 0 Å². The first kappa shape index (κ1) is 16.2. The third-order valence-electron chi connectivity index (χ3n) is 4.34. The Morgan fingerprint density at radius 3 is 2.22 bits per heavy atom. The highest BCUT2D eigenvalue weighted by Gasteiger charge is 2.36. The fourth-order valence-electron chi connectivity index (χ4n) is 2.88. The average molecular weight is 297 g/mol. The van der Waals surface area contributed by atoms with Crippen LogP contribution < -0.4 is 10.5 Å². The van der Waals surface area contributed by atoms with Crippen molar-refractivity contribution in [3.63, 3.8) is 0 Å². The van der Waals surface area contributed by atoms with Crippen molar-refractivity contribution in [1.29, 1.82) is 0 Å². The monoisotopic (exact) mass is 296 g/mol. The van der Waals surface area contributed by atoms with E-state index in [1.807, 2.05) is 0 Å². The summed E-state index contributed by atoms with van der Waals surface area (Å²) in [6.45, 7) is 0.426. The van der Waals surface area contributed by atoms with Crippen LogP contribution in [-0.2, 0) is 10.0 Å². The second kappa shape index (κ2) is 6.55. The first-order chi connectivity index (χ1) is 8.05. The molecule has 0 aromatic heterocycles. The summed E-state index contributed by atoms with van der Waals surface area (Å²) < 4.78 is 26.9. The van der Waals surface area contributed by atoms with Crippen LogP contribution in [-0.4, -0.2) is 26.3 Å². The van der Waals surface area contributed by atoms with Crippen LogP contribution in [0.5, 0.6) is 0 Å². The number of nitrogens with two attached hydrogens (primary N) is 1. The molecule has 0 aliphatic heterocycles. The molecule has 0 unspecified atom stereocenters. The number of hydrogen-bond donors (Lipinski definition) is 2. The van der Waals surface area contributed by atoms with Gasteiger partial charge in [0.25, 0.3) is 0 Å². The zero-order chi connectivity index (χ0) is 12.4. The Morgan fingerprint density at radius 1 is 1.17 bits per heavy atom. The van der Waals surface area contributed by atoms with Gasteiger partial charge in [0.05, 0.1) is 5.75 Å². The number of sulfonamides is 1.